The summed E-state index contributed by atoms with van der Waals surface area (Å²) in [5.41, 5.74) is 2.74. The van der Waals surface area contributed by atoms with E-state index in [-0.39, 0.29) is 18.9 Å². The summed E-state index contributed by atoms with van der Waals surface area (Å²) in [5, 5.41) is 7.21. The summed E-state index contributed by atoms with van der Waals surface area (Å²) in [5.74, 6) is -1.33. The van der Waals surface area contributed by atoms with E-state index in [9.17, 15) is 24.0 Å². The number of likely N-dealkylation sites (N-methyl/N-ethyl adjacent to an activating group) is 1. The fraction of sp³-hybridized carbons (Fsp3) is 0.250. The fourth-order valence-corrected chi connectivity index (χ4v) is 5.61. The first kappa shape index (κ1) is 32.8. The molecule has 2 atom stereocenters. The molecular formula is C36H36N4O7. The Morgan fingerprint density at radius 2 is 1.55 bits per heavy atom. The number of carbonyl (C=O) groups excluding carboxylic acids is 5. The van der Waals surface area contributed by atoms with Crippen LogP contribution in [0, 0.1) is 0 Å². The molecule has 0 aliphatic carbocycles. The molecule has 5 rings (SSSR count). The predicted octanol–water partition coefficient (Wildman–Crippen LogP) is 4.12. The van der Waals surface area contributed by atoms with E-state index in [2.05, 4.69) is 10.6 Å². The van der Waals surface area contributed by atoms with Crippen LogP contribution in [0.25, 0.3) is 10.8 Å². The number of nitrogens with one attached hydrogen (secondary N) is 2. The van der Waals surface area contributed by atoms with Crippen LogP contribution in [-0.4, -0.2) is 69.4 Å². The number of nitrogens with zero attached hydrogens (tertiary/aromatic N) is 2. The zero-order chi connectivity index (χ0) is 33.8. The highest BCUT2D eigenvalue weighted by molar-refractivity contribution is 6.13. The quantitative estimate of drug-likeness (QED) is 0.207. The summed E-state index contributed by atoms with van der Waals surface area (Å²) < 4.78 is 10.6. The van der Waals surface area contributed by atoms with E-state index in [4.69, 9.17) is 9.47 Å². The monoisotopic (exact) mass is 636 g/mol. The van der Waals surface area contributed by atoms with Gasteiger partial charge in [0.25, 0.3) is 11.8 Å². The zero-order valence-corrected chi connectivity index (χ0v) is 26.8. The number of ether oxygens (including phenoxy) is 2. The topological polar surface area (TPSA) is 134 Å². The Balaban J connectivity index is 1.64. The van der Waals surface area contributed by atoms with Crippen LogP contribution in [0.5, 0.6) is 5.75 Å². The van der Waals surface area contributed by atoms with E-state index in [0.29, 0.717) is 39.4 Å². The van der Waals surface area contributed by atoms with Gasteiger partial charge in [-0.25, -0.2) is 4.79 Å². The number of methoxy groups -OCH3 is 2. The molecule has 2 N–H and O–H groups in total. The van der Waals surface area contributed by atoms with Crippen molar-refractivity contribution in [3.05, 3.63) is 101 Å². The number of hydrogen-bond acceptors (Lipinski definition) is 8. The molecule has 1 aliphatic rings. The van der Waals surface area contributed by atoms with Gasteiger partial charge in [-0.1, -0.05) is 36.4 Å². The Hall–Kier alpha value is -5.55. The van der Waals surface area contributed by atoms with Crippen LogP contribution in [0.2, 0.25) is 0 Å². The number of esters is 1. The van der Waals surface area contributed by atoms with Crippen molar-refractivity contribution in [1.82, 2.24) is 10.6 Å². The summed E-state index contributed by atoms with van der Waals surface area (Å²) in [4.78, 5) is 68.9. The van der Waals surface area contributed by atoms with Crippen LogP contribution < -0.4 is 25.2 Å². The molecule has 0 saturated carbocycles. The normalized spacial score (nSPS) is 15.0. The standard InChI is InChI=1S/C36H36N4O7/c1-21(37-3)33(42)38-29-20-40(34(43)24-12-10-23(11-13-24)22(2)41)31-9-7-6-8-30(31)39(35(29)44)19-28-27-16-14-26(36(45)47-5)18-25(27)15-17-32(28)46-4/h6-18,21,29,37H,19-20H2,1-5H3,(H,38,42). The van der Waals surface area contributed by atoms with Gasteiger partial charge in [-0.2, -0.15) is 0 Å². The van der Waals surface area contributed by atoms with Crippen molar-refractivity contribution in [2.45, 2.75) is 32.5 Å². The molecule has 1 heterocycles. The van der Waals surface area contributed by atoms with Crippen molar-refractivity contribution in [2.75, 3.05) is 37.6 Å². The Morgan fingerprint density at radius 3 is 2.19 bits per heavy atom. The molecule has 4 aromatic carbocycles. The van der Waals surface area contributed by atoms with Gasteiger partial charge in [0.05, 0.1) is 50.3 Å². The highest BCUT2D eigenvalue weighted by atomic mass is 16.5. The van der Waals surface area contributed by atoms with Gasteiger partial charge in [-0.3, -0.25) is 19.2 Å². The Labute approximate surface area is 272 Å². The van der Waals surface area contributed by atoms with Gasteiger partial charge in [0.15, 0.2) is 5.78 Å². The molecule has 2 unspecified atom stereocenters. The third-order valence-electron chi connectivity index (χ3n) is 8.36. The van der Waals surface area contributed by atoms with Gasteiger partial charge in [0, 0.05) is 16.7 Å². The van der Waals surface area contributed by atoms with Crippen LogP contribution in [-0.2, 0) is 20.9 Å². The summed E-state index contributed by atoms with van der Waals surface area (Å²) in [7, 11) is 4.49. The molecule has 0 aromatic heterocycles. The SMILES string of the molecule is CNC(C)C(=O)NC1CN(C(=O)c2ccc(C(C)=O)cc2)c2ccccc2N(Cc2c(OC)ccc3cc(C(=O)OC)ccc23)C1=O. The van der Waals surface area contributed by atoms with Crippen LogP contribution in [0.1, 0.15) is 50.5 Å². The van der Waals surface area contributed by atoms with Crippen LogP contribution in [0.15, 0.2) is 78.9 Å². The molecule has 11 heteroatoms. The molecule has 0 radical (unpaired) electrons. The second-order valence-corrected chi connectivity index (χ2v) is 11.2. The number of rotatable bonds is 9. The van der Waals surface area contributed by atoms with Gasteiger partial charge in [-0.15, -0.1) is 0 Å². The lowest BCUT2D eigenvalue weighted by atomic mass is 10.00. The lowest BCUT2D eigenvalue weighted by Crippen LogP contribution is -2.55. The molecule has 0 fully saturated rings. The molecule has 242 valence electrons. The number of ketones is 1. The highest BCUT2D eigenvalue weighted by Gasteiger charge is 2.38. The Kier molecular flexibility index (Phi) is 9.67. The zero-order valence-electron chi connectivity index (χ0n) is 26.8. The molecule has 0 spiro atoms. The number of benzene rings is 4. The third kappa shape index (κ3) is 6.56. The summed E-state index contributed by atoms with van der Waals surface area (Å²) in [6.07, 6.45) is 0. The third-order valence-corrected chi connectivity index (χ3v) is 8.36. The number of hydrogen-bond donors (Lipinski definition) is 2. The minimum absolute atomic E-state index is 0.0250. The Bertz CT molecular complexity index is 1870. The first-order valence-corrected chi connectivity index (χ1v) is 15.1. The molecule has 3 amide bonds. The lowest BCUT2D eigenvalue weighted by Gasteiger charge is -2.27. The minimum Gasteiger partial charge on any atom is -0.496 e. The number of carbonyl (C=O) groups is 5. The van der Waals surface area contributed by atoms with Crippen LogP contribution in [0.4, 0.5) is 11.4 Å². The van der Waals surface area contributed by atoms with Crippen LogP contribution in [0.3, 0.4) is 0 Å². The van der Waals surface area contributed by atoms with E-state index in [1.165, 1.54) is 26.0 Å². The molecule has 1 aliphatic heterocycles. The van der Waals surface area contributed by atoms with Crippen molar-refractivity contribution in [3.63, 3.8) is 0 Å². The van der Waals surface area contributed by atoms with Gasteiger partial charge >= 0.3 is 5.97 Å². The largest absolute Gasteiger partial charge is 0.496 e. The van der Waals surface area contributed by atoms with E-state index in [1.54, 1.807) is 91.7 Å². The maximum atomic E-state index is 14.5. The maximum Gasteiger partial charge on any atom is 0.337 e. The second-order valence-electron chi connectivity index (χ2n) is 11.2. The van der Waals surface area contributed by atoms with Crippen molar-refractivity contribution < 1.29 is 33.4 Å². The predicted molar refractivity (Wildman–Crippen MR) is 178 cm³/mol. The Morgan fingerprint density at radius 1 is 0.894 bits per heavy atom. The fourth-order valence-electron chi connectivity index (χ4n) is 5.61. The molecule has 0 bridgehead atoms. The molecule has 4 aromatic rings. The summed E-state index contributed by atoms with van der Waals surface area (Å²) >= 11 is 0. The molecule has 0 saturated heterocycles. The van der Waals surface area contributed by atoms with E-state index in [1.807, 2.05) is 6.07 Å². The minimum atomic E-state index is -1.11. The highest BCUT2D eigenvalue weighted by Crippen LogP contribution is 2.38. The summed E-state index contributed by atoms with van der Waals surface area (Å²) in [6, 6.07) is 20.4. The van der Waals surface area contributed by atoms with Crippen molar-refractivity contribution in [2.24, 2.45) is 0 Å². The molecule has 11 nitrogen and oxygen atoms in total. The number of amides is 3. The van der Waals surface area contributed by atoms with Crippen molar-refractivity contribution in [1.29, 1.82) is 0 Å². The number of Topliss-reactive ketones (excluding diaryl/α,β-unsaturated/α-hetero) is 1. The number of fused-ring (bicyclic) bond motifs is 2. The van der Waals surface area contributed by atoms with Gasteiger partial charge in [-0.05, 0) is 74.1 Å². The van der Waals surface area contributed by atoms with Gasteiger partial charge in [0.1, 0.15) is 11.8 Å². The molecular weight excluding hydrogens is 600 g/mol. The maximum absolute atomic E-state index is 14.5. The first-order chi connectivity index (χ1) is 22.6. The number of para-hydroxylation sites is 2. The molecule has 47 heavy (non-hydrogen) atoms. The van der Waals surface area contributed by atoms with Crippen molar-refractivity contribution >= 4 is 51.6 Å². The average Bonchev–Trinajstić information content (AvgIpc) is 3.21. The van der Waals surface area contributed by atoms with E-state index >= 15 is 0 Å². The average molecular weight is 637 g/mol. The van der Waals surface area contributed by atoms with Gasteiger partial charge < -0.3 is 29.9 Å². The summed E-state index contributed by atoms with van der Waals surface area (Å²) in [6.45, 7) is 3.00. The number of anilines is 2. The van der Waals surface area contributed by atoms with Gasteiger partial charge in [0.2, 0.25) is 5.91 Å². The second kappa shape index (κ2) is 13.8. The van der Waals surface area contributed by atoms with E-state index in [0.717, 1.165) is 10.8 Å². The first-order valence-electron chi connectivity index (χ1n) is 15.1. The smallest absolute Gasteiger partial charge is 0.337 e. The van der Waals surface area contributed by atoms with Crippen LogP contribution >= 0.6 is 0 Å². The van der Waals surface area contributed by atoms with E-state index < -0.39 is 35.8 Å². The lowest BCUT2D eigenvalue weighted by molar-refractivity contribution is -0.128. The van der Waals surface area contributed by atoms with Crippen molar-refractivity contribution in [3.8, 4) is 5.75 Å².